The summed E-state index contributed by atoms with van der Waals surface area (Å²) < 4.78 is 3.28. The molecule has 2 aromatic heterocycles. The fourth-order valence-corrected chi connectivity index (χ4v) is 3.50. The van der Waals surface area contributed by atoms with E-state index < -0.39 is 0 Å². The molecule has 4 nitrogen and oxygen atoms in total. The summed E-state index contributed by atoms with van der Waals surface area (Å²) in [6, 6.07) is 16.4. The van der Waals surface area contributed by atoms with Crippen molar-refractivity contribution in [3.05, 3.63) is 65.1 Å². The van der Waals surface area contributed by atoms with Gasteiger partial charge in [-0.1, -0.05) is 41.7 Å². The van der Waals surface area contributed by atoms with Gasteiger partial charge in [0.2, 0.25) is 4.80 Å². The maximum absolute atomic E-state index is 4.36. The van der Waals surface area contributed by atoms with E-state index >= 15 is 0 Å². The molecular formula is C17H14N4S. The van der Waals surface area contributed by atoms with Crippen LogP contribution in [0.4, 0.5) is 0 Å². The van der Waals surface area contributed by atoms with Crippen LogP contribution in [0.2, 0.25) is 0 Å². The maximum Gasteiger partial charge on any atom is 0.211 e. The lowest BCUT2D eigenvalue weighted by Crippen LogP contribution is -2.08. The molecule has 0 spiro atoms. The van der Waals surface area contributed by atoms with Crippen molar-refractivity contribution in [2.24, 2.45) is 17.3 Å². The summed E-state index contributed by atoms with van der Waals surface area (Å²) in [5.74, 6) is 0. The molecule has 2 heterocycles. The van der Waals surface area contributed by atoms with Gasteiger partial charge in [-0.3, -0.25) is 0 Å². The predicted molar refractivity (Wildman–Crippen MR) is 92.3 cm³/mol. The molecule has 0 saturated heterocycles. The van der Waals surface area contributed by atoms with Crippen molar-refractivity contribution in [2.45, 2.75) is 0 Å². The van der Waals surface area contributed by atoms with Crippen molar-refractivity contribution in [2.75, 3.05) is 0 Å². The molecule has 4 aromatic rings. The van der Waals surface area contributed by atoms with Gasteiger partial charge in [0.1, 0.15) is 0 Å². The number of nitrogens with one attached hydrogen (secondary N) is 1. The molecule has 5 heteroatoms. The summed E-state index contributed by atoms with van der Waals surface area (Å²) in [4.78, 5) is 4.12. The zero-order valence-corrected chi connectivity index (χ0v) is 12.8. The summed E-state index contributed by atoms with van der Waals surface area (Å²) in [5, 5.41) is 9.78. The van der Waals surface area contributed by atoms with Gasteiger partial charge < -0.3 is 9.55 Å². The van der Waals surface area contributed by atoms with Gasteiger partial charge in [-0.2, -0.15) is 5.10 Å². The molecule has 2 aromatic carbocycles. The number of fused-ring (bicyclic) bond motifs is 2. The number of para-hydroxylation sites is 2. The average Bonchev–Trinajstić information content (AvgIpc) is 3.10. The van der Waals surface area contributed by atoms with Gasteiger partial charge in [0, 0.05) is 29.7 Å². The Morgan fingerprint density at radius 2 is 1.91 bits per heavy atom. The van der Waals surface area contributed by atoms with Crippen LogP contribution in [0.15, 0.2) is 64.9 Å². The topological polar surface area (TPSA) is 45.4 Å². The Bertz CT molecular complexity index is 1050. The Hall–Kier alpha value is -2.66. The number of benzene rings is 2. The van der Waals surface area contributed by atoms with E-state index in [0.717, 1.165) is 21.3 Å². The molecule has 1 N–H and O–H groups in total. The molecule has 0 atom stereocenters. The standard InChI is InChI=1S/C17H14N4S/c1-21-15-8-4-5-9-16(15)22-17(21)20-19-11-12-10-18-14-7-3-2-6-13(12)14/h2-11,18H,1H3/b19-11-,20-17+. The number of hydrogen-bond donors (Lipinski definition) is 1. The number of aromatic nitrogens is 2. The molecule has 0 aliphatic carbocycles. The largest absolute Gasteiger partial charge is 0.361 e. The second kappa shape index (κ2) is 5.27. The minimum Gasteiger partial charge on any atom is -0.361 e. The van der Waals surface area contributed by atoms with E-state index in [0.29, 0.717) is 0 Å². The van der Waals surface area contributed by atoms with Gasteiger partial charge in [-0.25, -0.2) is 0 Å². The predicted octanol–water partition coefficient (Wildman–Crippen LogP) is 3.66. The van der Waals surface area contributed by atoms with Crippen LogP contribution in [0.3, 0.4) is 0 Å². The van der Waals surface area contributed by atoms with Crippen LogP contribution in [0, 0.1) is 0 Å². The number of aryl methyl sites for hydroxylation is 1. The number of nitrogens with zero attached hydrogens (tertiary/aromatic N) is 3. The third-order valence-electron chi connectivity index (χ3n) is 3.68. The van der Waals surface area contributed by atoms with Crippen molar-refractivity contribution in [3.8, 4) is 0 Å². The van der Waals surface area contributed by atoms with E-state index in [1.807, 2.05) is 37.5 Å². The highest BCUT2D eigenvalue weighted by molar-refractivity contribution is 7.16. The van der Waals surface area contributed by atoms with Crippen LogP contribution in [-0.2, 0) is 7.05 Å². The van der Waals surface area contributed by atoms with Crippen LogP contribution < -0.4 is 4.80 Å². The van der Waals surface area contributed by atoms with Crippen molar-refractivity contribution >= 4 is 38.7 Å². The fraction of sp³-hybridized carbons (Fsp3) is 0.0588. The first-order valence-electron chi connectivity index (χ1n) is 7.01. The first kappa shape index (κ1) is 13.0. The Morgan fingerprint density at radius 3 is 2.82 bits per heavy atom. The lowest BCUT2D eigenvalue weighted by atomic mass is 10.2. The molecule has 22 heavy (non-hydrogen) atoms. The first-order chi connectivity index (χ1) is 10.8. The Morgan fingerprint density at radius 1 is 1.09 bits per heavy atom. The number of rotatable bonds is 2. The van der Waals surface area contributed by atoms with Gasteiger partial charge >= 0.3 is 0 Å². The highest BCUT2D eigenvalue weighted by Gasteiger charge is 2.01. The quantitative estimate of drug-likeness (QED) is 0.434. The number of thiazole rings is 1. The van der Waals surface area contributed by atoms with Gasteiger partial charge in [0.15, 0.2) is 0 Å². The molecule has 108 valence electrons. The van der Waals surface area contributed by atoms with Gasteiger partial charge in [-0.05, 0) is 18.2 Å². The molecule has 0 aliphatic rings. The zero-order valence-electron chi connectivity index (χ0n) is 12.0. The third-order valence-corrected chi connectivity index (χ3v) is 4.78. The van der Waals surface area contributed by atoms with E-state index in [9.17, 15) is 0 Å². The summed E-state index contributed by atoms with van der Waals surface area (Å²) in [7, 11) is 2.01. The lowest BCUT2D eigenvalue weighted by molar-refractivity contribution is 0.889. The molecule has 0 bridgehead atoms. The van der Waals surface area contributed by atoms with E-state index in [1.165, 1.54) is 10.2 Å². The molecule has 0 aliphatic heterocycles. The van der Waals surface area contributed by atoms with Crippen molar-refractivity contribution in [3.63, 3.8) is 0 Å². The van der Waals surface area contributed by atoms with Crippen molar-refractivity contribution in [1.82, 2.24) is 9.55 Å². The highest BCUT2D eigenvalue weighted by Crippen LogP contribution is 2.16. The zero-order chi connectivity index (χ0) is 14.9. The Balaban J connectivity index is 1.75. The smallest absolute Gasteiger partial charge is 0.211 e. The maximum atomic E-state index is 4.36. The lowest BCUT2D eigenvalue weighted by Gasteiger charge is -1.92. The van der Waals surface area contributed by atoms with Crippen LogP contribution in [0.1, 0.15) is 5.56 Å². The van der Waals surface area contributed by atoms with Crippen LogP contribution in [0.25, 0.3) is 21.1 Å². The van der Waals surface area contributed by atoms with E-state index in [4.69, 9.17) is 0 Å². The van der Waals surface area contributed by atoms with Gasteiger partial charge in [0.25, 0.3) is 0 Å². The third kappa shape index (κ3) is 2.16. The summed E-state index contributed by atoms with van der Waals surface area (Å²) in [6.07, 6.45) is 3.75. The molecule has 0 radical (unpaired) electrons. The molecule has 0 fully saturated rings. The summed E-state index contributed by atoms with van der Waals surface area (Å²) in [5.41, 5.74) is 3.33. The first-order valence-corrected chi connectivity index (χ1v) is 7.82. The minimum absolute atomic E-state index is 0.886. The van der Waals surface area contributed by atoms with Crippen molar-refractivity contribution < 1.29 is 0 Å². The fourth-order valence-electron chi connectivity index (χ4n) is 2.52. The van der Waals surface area contributed by atoms with Gasteiger partial charge in [-0.15, -0.1) is 5.10 Å². The molecular weight excluding hydrogens is 292 g/mol. The van der Waals surface area contributed by atoms with E-state index in [2.05, 4.69) is 44.0 Å². The molecule has 0 saturated carbocycles. The minimum atomic E-state index is 0.886. The van der Waals surface area contributed by atoms with E-state index in [-0.39, 0.29) is 0 Å². The second-order valence-electron chi connectivity index (χ2n) is 5.05. The van der Waals surface area contributed by atoms with Crippen LogP contribution in [0.5, 0.6) is 0 Å². The molecule has 0 unspecified atom stereocenters. The number of aromatic amines is 1. The average molecular weight is 306 g/mol. The second-order valence-corrected chi connectivity index (χ2v) is 6.05. The summed E-state index contributed by atoms with van der Waals surface area (Å²) in [6.45, 7) is 0. The van der Waals surface area contributed by atoms with E-state index in [1.54, 1.807) is 17.6 Å². The number of H-pyrrole nitrogens is 1. The Labute approximate surface area is 131 Å². The SMILES string of the molecule is Cn1/c(=N\N=C/c2c[nH]c3ccccc23)sc2ccccc21. The highest BCUT2D eigenvalue weighted by atomic mass is 32.1. The van der Waals surface area contributed by atoms with Crippen molar-refractivity contribution in [1.29, 1.82) is 0 Å². The Kier molecular flexibility index (Phi) is 3.12. The molecule has 4 rings (SSSR count). The summed E-state index contributed by atoms with van der Waals surface area (Å²) >= 11 is 1.64. The molecule has 0 amide bonds. The van der Waals surface area contributed by atoms with Crippen LogP contribution >= 0.6 is 11.3 Å². The van der Waals surface area contributed by atoms with Crippen LogP contribution in [-0.4, -0.2) is 15.8 Å². The number of hydrogen-bond acceptors (Lipinski definition) is 3. The normalized spacial score (nSPS) is 12.9. The monoisotopic (exact) mass is 306 g/mol. The van der Waals surface area contributed by atoms with Gasteiger partial charge in [0.05, 0.1) is 16.4 Å².